The third kappa shape index (κ3) is 4.28. The van der Waals surface area contributed by atoms with Gasteiger partial charge in [0, 0.05) is 17.5 Å². The number of benzene rings is 1. The van der Waals surface area contributed by atoms with E-state index in [1.165, 1.54) is 16.3 Å². The Balaban J connectivity index is 1.68. The zero-order chi connectivity index (χ0) is 21.3. The van der Waals surface area contributed by atoms with Crippen LogP contribution in [0.3, 0.4) is 0 Å². The van der Waals surface area contributed by atoms with Crippen molar-refractivity contribution in [2.75, 3.05) is 10.5 Å². The first-order valence-corrected chi connectivity index (χ1v) is 12.1. The van der Waals surface area contributed by atoms with Crippen molar-refractivity contribution in [2.24, 2.45) is 5.10 Å². The Kier molecular flexibility index (Phi) is 5.68. The number of thiophene rings is 1. The highest BCUT2D eigenvalue weighted by Crippen LogP contribution is 2.36. The van der Waals surface area contributed by atoms with Gasteiger partial charge in [-0.25, -0.2) is 13.4 Å². The molecule has 10 heteroatoms. The molecule has 1 N–H and O–H groups in total. The van der Waals surface area contributed by atoms with Crippen molar-refractivity contribution in [3.63, 3.8) is 0 Å². The smallest absolute Gasteiger partial charge is 0.275 e. The quantitative estimate of drug-likeness (QED) is 0.571. The number of nitrogens with zero attached hydrogens (tertiary/aromatic N) is 2. The number of amides is 1. The highest BCUT2D eigenvalue weighted by molar-refractivity contribution is 7.92. The van der Waals surface area contributed by atoms with Gasteiger partial charge < -0.3 is 4.42 Å². The molecule has 1 aromatic carbocycles. The van der Waals surface area contributed by atoms with Crippen LogP contribution in [-0.2, 0) is 10.0 Å². The molecule has 0 aliphatic carbocycles. The van der Waals surface area contributed by atoms with Crippen LogP contribution in [-0.4, -0.2) is 30.8 Å². The lowest BCUT2D eigenvalue weighted by atomic mass is 10.0. The maximum absolute atomic E-state index is 13.0. The number of hydrogen-bond acceptors (Lipinski definition) is 6. The molecular formula is C20H18ClN3O4S2. The van der Waals surface area contributed by atoms with Crippen LogP contribution in [0.4, 0.5) is 5.69 Å². The van der Waals surface area contributed by atoms with Gasteiger partial charge in [-0.3, -0.25) is 9.52 Å². The second-order valence-corrected chi connectivity index (χ2v) is 9.82. The Morgan fingerprint density at radius 3 is 2.83 bits per heavy atom. The molecule has 30 heavy (non-hydrogen) atoms. The average molecular weight is 464 g/mol. The molecule has 3 heterocycles. The summed E-state index contributed by atoms with van der Waals surface area (Å²) in [7, 11) is -3.40. The van der Waals surface area contributed by atoms with Crippen molar-refractivity contribution in [1.82, 2.24) is 5.01 Å². The Morgan fingerprint density at radius 1 is 1.33 bits per heavy atom. The second kappa shape index (κ2) is 8.25. The summed E-state index contributed by atoms with van der Waals surface area (Å²) in [5.41, 5.74) is 2.34. The molecule has 0 bridgehead atoms. The molecule has 1 aliphatic rings. The molecule has 156 valence electrons. The van der Waals surface area contributed by atoms with Gasteiger partial charge in [0.05, 0.1) is 17.0 Å². The summed E-state index contributed by atoms with van der Waals surface area (Å²) < 4.78 is 31.9. The summed E-state index contributed by atoms with van der Waals surface area (Å²) in [5.74, 6) is 0.263. The summed E-state index contributed by atoms with van der Waals surface area (Å²) in [6, 6.07) is 11.6. The third-order valence-corrected chi connectivity index (χ3v) is 6.85. The number of hydrazone groups is 1. The minimum Gasteiger partial charge on any atom is -0.447 e. The van der Waals surface area contributed by atoms with Gasteiger partial charge in [-0.1, -0.05) is 12.1 Å². The Bertz CT molecular complexity index is 1200. The molecule has 4 rings (SSSR count). The van der Waals surface area contributed by atoms with E-state index < -0.39 is 16.1 Å². The van der Waals surface area contributed by atoms with Gasteiger partial charge >= 0.3 is 0 Å². The third-order valence-electron chi connectivity index (χ3n) is 4.66. The molecular weight excluding hydrogens is 446 g/mol. The van der Waals surface area contributed by atoms with E-state index in [0.717, 1.165) is 5.56 Å². The van der Waals surface area contributed by atoms with E-state index >= 15 is 0 Å². The summed E-state index contributed by atoms with van der Waals surface area (Å²) in [6.07, 6.45) is 0.406. The maximum Gasteiger partial charge on any atom is 0.275 e. The predicted octanol–water partition coefficient (Wildman–Crippen LogP) is 4.75. The van der Waals surface area contributed by atoms with E-state index in [2.05, 4.69) is 9.82 Å². The molecule has 1 amide bonds. The number of sulfonamides is 1. The summed E-state index contributed by atoms with van der Waals surface area (Å²) in [4.78, 5) is 13.0. The minimum absolute atomic E-state index is 0.0254. The minimum atomic E-state index is -3.40. The van der Waals surface area contributed by atoms with Crippen molar-refractivity contribution < 1.29 is 17.6 Å². The number of carbonyl (C=O) groups is 1. The fourth-order valence-electron chi connectivity index (χ4n) is 3.13. The van der Waals surface area contributed by atoms with Gasteiger partial charge in [0.15, 0.2) is 5.22 Å². The van der Waals surface area contributed by atoms with Crippen LogP contribution in [0, 0.1) is 0 Å². The van der Waals surface area contributed by atoms with Crippen LogP contribution in [0.1, 0.15) is 41.1 Å². The first-order valence-electron chi connectivity index (χ1n) is 9.15. The Labute approximate surface area is 183 Å². The molecule has 0 saturated heterocycles. The van der Waals surface area contributed by atoms with Crippen LogP contribution in [0.25, 0.3) is 0 Å². The van der Waals surface area contributed by atoms with Gasteiger partial charge in [0.25, 0.3) is 5.91 Å². The first kappa shape index (κ1) is 20.6. The van der Waals surface area contributed by atoms with E-state index in [0.29, 0.717) is 29.1 Å². The summed E-state index contributed by atoms with van der Waals surface area (Å²) in [6.45, 7) is 1.57. The molecule has 7 nitrogen and oxygen atoms in total. The van der Waals surface area contributed by atoms with E-state index in [9.17, 15) is 13.2 Å². The fourth-order valence-corrected chi connectivity index (χ4v) is 4.55. The standard InChI is InChI=1S/C20H18ClN3O4S2/c1-2-30(26,27)23-15-5-3-4-13(10-15)16-11-17(18-6-7-19(21)28-18)24(22-16)20(25)14-8-9-29-12-14/h3-10,12,17,23H,2,11H2,1H3/t17-/m0/s1. The monoisotopic (exact) mass is 463 g/mol. The van der Waals surface area contributed by atoms with Crippen LogP contribution < -0.4 is 4.72 Å². The van der Waals surface area contributed by atoms with Crippen molar-refractivity contribution in [3.05, 3.63) is 75.3 Å². The van der Waals surface area contributed by atoms with E-state index in [4.69, 9.17) is 16.0 Å². The van der Waals surface area contributed by atoms with Gasteiger partial charge in [-0.2, -0.15) is 16.4 Å². The second-order valence-electron chi connectivity index (χ2n) is 6.66. The molecule has 1 aliphatic heterocycles. The fraction of sp³-hybridized carbons (Fsp3) is 0.200. The van der Waals surface area contributed by atoms with Crippen LogP contribution in [0.2, 0.25) is 5.22 Å². The zero-order valence-corrected chi connectivity index (χ0v) is 18.3. The lowest BCUT2D eigenvalue weighted by Crippen LogP contribution is -2.26. The van der Waals surface area contributed by atoms with Gasteiger partial charge in [-0.05, 0) is 59.8 Å². The van der Waals surface area contributed by atoms with Crippen LogP contribution >= 0.6 is 22.9 Å². The number of nitrogens with one attached hydrogen (secondary N) is 1. The van der Waals surface area contributed by atoms with Gasteiger partial charge in [-0.15, -0.1) is 0 Å². The van der Waals surface area contributed by atoms with E-state index in [1.807, 2.05) is 11.4 Å². The van der Waals surface area contributed by atoms with Crippen molar-refractivity contribution in [2.45, 2.75) is 19.4 Å². The number of furan rings is 1. The first-order chi connectivity index (χ1) is 14.4. The lowest BCUT2D eigenvalue weighted by molar-refractivity contribution is 0.0693. The molecule has 2 aromatic heterocycles. The molecule has 0 spiro atoms. The zero-order valence-electron chi connectivity index (χ0n) is 15.9. The molecule has 0 fully saturated rings. The number of hydrogen-bond donors (Lipinski definition) is 1. The van der Waals surface area contributed by atoms with Crippen LogP contribution in [0.5, 0.6) is 0 Å². The van der Waals surface area contributed by atoms with Crippen molar-refractivity contribution in [3.8, 4) is 0 Å². The number of rotatable bonds is 6. The average Bonchev–Trinajstić information content (AvgIpc) is 3.47. The molecule has 0 saturated carbocycles. The normalized spacial score (nSPS) is 16.5. The number of halogens is 1. The van der Waals surface area contributed by atoms with Gasteiger partial charge in [0.1, 0.15) is 11.8 Å². The van der Waals surface area contributed by atoms with Crippen molar-refractivity contribution >= 4 is 50.3 Å². The SMILES string of the molecule is CCS(=O)(=O)Nc1cccc(C2=NN(C(=O)c3ccsc3)[C@H](c3ccc(Cl)o3)C2)c1. The maximum atomic E-state index is 13.0. The highest BCUT2D eigenvalue weighted by Gasteiger charge is 2.36. The Morgan fingerprint density at radius 2 is 2.17 bits per heavy atom. The molecule has 1 atom stereocenters. The van der Waals surface area contributed by atoms with Gasteiger partial charge in [0.2, 0.25) is 10.0 Å². The molecule has 3 aromatic rings. The van der Waals surface area contributed by atoms with E-state index in [-0.39, 0.29) is 16.9 Å². The summed E-state index contributed by atoms with van der Waals surface area (Å²) >= 11 is 7.37. The number of anilines is 1. The van der Waals surface area contributed by atoms with Crippen LogP contribution in [0.15, 0.2) is 62.7 Å². The summed E-state index contributed by atoms with van der Waals surface area (Å²) in [5, 5.41) is 9.79. The Hall–Kier alpha value is -2.62. The van der Waals surface area contributed by atoms with Crippen molar-refractivity contribution in [1.29, 1.82) is 0 Å². The predicted molar refractivity (Wildman–Crippen MR) is 118 cm³/mol. The van der Waals surface area contributed by atoms with E-state index in [1.54, 1.807) is 48.7 Å². The largest absolute Gasteiger partial charge is 0.447 e. The lowest BCUT2D eigenvalue weighted by Gasteiger charge is -2.19. The molecule has 0 unspecified atom stereocenters. The highest BCUT2D eigenvalue weighted by atomic mass is 35.5. The molecule has 0 radical (unpaired) electrons. The number of carbonyl (C=O) groups excluding carboxylic acids is 1. The topological polar surface area (TPSA) is 92.0 Å².